The number of carbonyl (C=O) groups is 2. The summed E-state index contributed by atoms with van der Waals surface area (Å²) < 4.78 is 36.1. The van der Waals surface area contributed by atoms with Crippen LogP contribution in [0.25, 0.3) is 0 Å². The molecule has 0 aliphatic carbocycles. The molecular weight excluding hydrogens is 500 g/mol. The zero-order valence-corrected chi connectivity index (χ0v) is 22.1. The van der Waals surface area contributed by atoms with E-state index in [1.54, 1.807) is 0 Å². The van der Waals surface area contributed by atoms with Crippen LogP contribution in [0.15, 0.2) is 91.0 Å². The van der Waals surface area contributed by atoms with Crippen molar-refractivity contribution in [3.05, 3.63) is 108 Å². The van der Waals surface area contributed by atoms with Crippen LogP contribution in [0.5, 0.6) is 0 Å². The van der Waals surface area contributed by atoms with Gasteiger partial charge in [-0.15, -0.1) is 0 Å². The molecule has 0 bridgehead atoms. The lowest BCUT2D eigenvalue weighted by Crippen LogP contribution is -2.62. The molecule has 0 unspecified atom stereocenters. The van der Waals surface area contributed by atoms with Crippen molar-refractivity contribution in [2.24, 2.45) is 0 Å². The monoisotopic (exact) mass is 534 g/mol. The highest BCUT2D eigenvalue weighted by Gasteiger charge is 2.51. The molecular formula is C31H34O8. The van der Waals surface area contributed by atoms with Gasteiger partial charge in [0.2, 0.25) is 6.29 Å². The number of carbonyl (C=O) groups excluding carboxylic acids is 2. The van der Waals surface area contributed by atoms with Crippen LogP contribution in [0.1, 0.15) is 30.5 Å². The van der Waals surface area contributed by atoms with Gasteiger partial charge in [0.05, 0.1) is 26.4 Å². The summed E-state index contributed by atoms with van der Waals surface area (Å²) in [7, 11) is 0. The maximum Gasteiger partial charge on any atom is 0.305 e. The van der Waals surface area contributed by atoms with E-state index in [1.807, 2.05) is 91.0 Å². The van der Waals surface area contributed by atoms with E-state index >= 15 is 0 Å². The number of ether oxygens (including phenoxy) is 6. The third-order valence-electron chi connectivity index (χ3n) is 6.14. The quantitative estimate of drug-likeness (QED) is 0.312. The summed E-state index contributed by atoms with van der Waals surface area (Å²) in [4.78, 5) is 24.3. The van der Waals surface area contributed by atoms with Crippen LogP contribution >= 0.6 is 0 Å². The third-order valence-corrected chi connectivity index (χ3v) is 6.14. The normalized spacial score (nSPS) is 22.7. The van der Waals surface area contributed by atoms with Crippen LogP contribution < -0.4 is 0 Å². The smallest absolute Gasteiger partial charge is 0.305 e. The van der Waals surface area contributed by atoms with Crippen LogP contribution in [-0.4, -0.2) is 49.3 Å². The first kappa shape index (κ1) is 28.4. The topological polar surface area (TPSA) is 89.5 Å². The van der Waals surface area contributed by atoms with Crippen molar-refractivity contribution in [3.8, 4) is 0 Å². The summed E-state index contributed by atoms with van der Waals surface area (Å²) in [6.45, 7) is 3.46. The van der Waals surface area contributed by atoms with Gasteiger partial charge in [0.15, 0.2) is 12.2 Å². The first-order chi connectivity index (χ1) is 19.0. The molecule has 39 heavy (non-hydrogen) atoms. The molecule has 8 nitrogen and oxygen atoms in total. The number of hydrogen-bond acceptors (Lipinski definition) is 8. The molecule has 1 fully saturated rings. The summed E-state index contributed by atoms with van der Waals surface area (Å²) in [5.41, 5.74) is 2.82. The molecule has 0 saturated carbocycles. The summed E-state index contributed by atoms with van der Waals surface area (Å²) in [6, 6.07) is 28.9. The van der Waals surface area contributed by atoms with Gasteiger partial charge in [0, 0.05) is 13.8 Å². The van der Waals surface area contributed by atoms with Gasteiger partial charge in [0.1, 0.15) is 12.2 Å². The Morgan fingerprint density at radius 3 is 1.56 bits per heavy atom. The molecule has 3 aromatic rings. The van der Waals surface area contributed by atoms with Gasteiger partial charge in [0.25, 0.3) is 0 Å². The fraction of sp³-hybridized carbons (Fsp3) is 0.355. The van der Waals surface area contributed by atoms with E-state index in [2.05, 4.69) is 0 Å². The van der Waals surface area contributed by atoms with Gasteiger partial charge in [-0.1, -0.05) is 91.0 Å². The molecule has 3 aromatic carbocycles. The van der Waals surface area contributed by atoms with Crippen molar-refractivity contribution in [2.45, 2.75) is 64.4 Å². The Kier molecular flexibility index (Phi) is 10.6. The van der Waals surface area contributed by atoms with E-state index < -0.39 is 42.6 Å². The minimum atomic E-state index is -1.11. The predicted molar refractivity (Wildman–Crippen MR) is 142 cm³/mol. The molecule has 0 aromatic heterocycles. The lowest BCUT2D eigenvalue weighted by molar-refractivity contribution is -0.314. The zero-order chi connectivity index (χ0) is 27.5. The van der Waals surface area contributed by atoms with Crippen LogP contribution in [0.4, 0.5) is 0 Å². The minimum absolute atomic E-state index is 0.0706. The Balaban J connectivity index is 1.59. The molecule has 206 valence electrons. The Morgan fingerprint density at radius 2 is 1.08 bits per heavy atom. The van der Waals surface area contributed by atoms with Crippen LogP contribution in [0.2, 0.25) is 0 Å². The molecule has 0 N–H and O–H groups in total. The van der Waals surface area contributed by atoms with E-state index in [1.165, 1.54) is 13.8 Å². The highest BCUT2D eigenvalue weighted by molar-refractivity contribution is 5.66. The highest BCUT2D eigenvalue weighted by Crippen LogP contribution is 2.31. The molecule has 1 heterocycles. The molecule has 8 heteroatoms. The molecule has 0 spiro atoms. The van der Waals surface area contributed by atoms with E-state index in [-0.39, 0.29) is 19.8 Å². The Bertz CT molecular complexity index is 1150. The average Bonchev–Trinajstić information content (AvgIpc) is 2.94. The minimum Gasteiger partial charge on any atom is -0.457 e. The SMILES string of the molecule is CC(=O)O[C@H]1O[C@H](COCc2ccccc2)[C@H](OC(C)=O)[C@H](OCc2ccccc2)[C@H]1OCc1ccccc1. The van der Waals surface area contributed by atoms with Gasteiger partial charge in [-0.3, -0.25) is 9.59 Å². The van der Waals surface area contributed by atoms with E-state index in [4.69, 9.17) is 28.4 Å². The maximum atomic E-state index is 12.2. The van der Waals surface area contributed by atoms with Gasteiger partial charge in [-0.25, -0.2) is 0 Å². The van der Waals surface area contributed by atoms with Gasteiger partial charge in [-0.05, 0) is 16.7 Å². The molecule has 0 radical (unpaired) electrons. The summed E-state index contributed by atoms with van der Waals surface area (Å²) >= 11 is 0. The lowest BCUT2D eigenvalue weighted by Gasteiger charge is -2.44. The Hall–Kier alpha value is -3.56. The average molecular weight is 535 g/mol. The standard InChI is InChI=1S/C31H34O8/c1-22(32)37-28-27(21-34-18-24-12-6-3-7-13-24)39-31(38-23(2)33)30(36-20-26-16-10-5-11-17-26)29(28)35-19-25-14-8-4-9-15-25/h3-17,27-31H,18-21H2,1-2H3/t27-,28+,29+,30-,31+/m1/s1. The molecule has 0 amide bonds. The van der Waals surface area contributed by atoms with Gasteiger partial charge >= 0.3 is 11.9 Å². The first-order valence-corrected chi connectivity index (χ1v) is 12.9. The number of hydrogen-bond donors (Lipinski definition) is 0. The number of benzene rings is 3. The van der Waals surface area contributed by atoms with Crippen LogP contribution in [0.3, 0.4) is 0 Å². The number of rotatable bonds is 12. The lowest BCUT2D eigenvalue weighted by atomic mass is 9.98. The molecule has 1 saturated heterocycles. The van der Waals surface area contributed by atoms with Gasteiger partial charge < -0.3 is 28.4 Å². The Labute approximate surface area is 228 Å². The van der Waals surface area contributed by atoms with Crippen molar-refractivity contribution in [1.82, 2.24) is 0 Å². The van der Waals surface area contributed by atoms with Crippen LogP contribution in [0, 0.1) is 0 Å². The molecule has 5 atom stereocenters. The highest BCUT2D eigenvalue weighted by atomic mass is 16.7. The summed E-state index contributed by atoms with van der Waals surface area (Å²) in [5.74, 6) is -1.04. The number of esters is 2. The van der Waals surface area contributed by atoms with Crippen molar-refractivity contribution < 1.29 is 38.0 Å². The van der Waals surface area contributed by atoms with E-state index in [0.717, 1.165) is 16.7 Å². The first-order valence-electron chi connectivity index (χ1n) is 12.9. The van der Waals surface area contributed by atoms with E-state index in [9.17, 15) is 9.59 Å². The molecule has 1 aliphatic heterocycles. The fourth-order valence-electron chi connectivity index (χ4n) is 4.37. The molecule has 1 aliphatic rings. The third kappa shape index (κ3) is 8.73. The largest absolute Gasteiger partial charge is 0.457 e. The fourth-order valence-corrected chi connectivity index (χ4v) is 4.37. The van der Waals surface area contributed by atoms with Crippen LogP contribution in [-0.2, 0) is 57.8 Å². The maximum absolute atomic E-state index is 12.2. The van der Waals surface area contributed by atoms with Crippen molar-refractivity contribution >= 4 is 11.9 Å². The predicted octanol–water partition coefficient (Wildman–Crippen LogP) is 4.59. The van der Waals surface area contributed by atoms with Crippen molar-refractivity contribution in [2.75, 3.05) is 6.61 Å². The van der Waals surface area contributed by atoms with Crippen molar-refractivity contribution in [1.29, 1.82) is 0 Å². The summed E-state index contributed by atoms with van der Waals surface area (Å²) in [6.07, 6.45) is -4.47. The second-order valence-electron chi connectivity index (χ2n) is 9.25. The van der Waals surface area contributed by atoms with E-state index in [0.29, 0.717) is 6.61 Å². The summed E-state index contributed by atoms with van der Waals surface area (Å²) in [5, 5.41) is 0. The second kappa shape index (κ2) is 14.6. The molecule has 4 rings (SSSR count). The Morgan fingerprint density at radius 1 is 0.615 bits per heavy atom. The zero-order valence-electron chi connectivity index (χ0n) is 22.1. The van der Waals surface area contributed by atoms with Gasteiger partial charge in [-0.2, -0.15) is 0 Å². The van der Waals surface area contributed by atoms with Crippen molar-refractivity contribution in [3.63, 3.8) is 0 Å². The second-order valence-corrected chi connectivity index (χ2v) is 9.25.